The predicted octanol–water partition coefficient (Wildman–Crippen LogP) is 2.83. The second-order valence-electron chi connectivity index (χ2n) is 5.22. The Balaban J connectivity index is 1.76. The first kappa shape index (κ1) is 12.9. The fourth-order valence-corrected chi connectivity index (χ4v) is 2.66. The van der Waals surface area contributed by atoms with Crippen molar-refractivity contribution in [1.29, 1.82) is 0 Å². The van der Waals surface area contributed by atoms with Crippen molar-refractivity contribution in [3.63, 3.8) is 0 Å². The molecule has 0 amide bonds. The summed E-state index contributed by atoms with van der Waals surface area (Å²) in [6.07, 6.45) is 4.64. The van der Waals surface area contributed by atoms with Crippen molar-refractivity contribution in [2.75, 3.05) is 5.73 Å². The van der Waals surface area contributed by atoms with Crippen LogP contribution in [0.4, 0.5) is 5.69 Å². The van der Waals surface area contributed by atoms with Crippen LogP contribution in [0, 0.1) is 6.92 Å². The molecule has 0 unspecified atom stereocenters. The first-order chi connectivity index (χ1) is 9.72. The highest BCUT2D eigenvalue weighted by molar-refractivity contribution is 5.43. The molecule has 104 valence electrons. The molecule has 4 heteroatoms. The SMILES string of the molecule is Cc1nc(COc2cccc(N)c2)nc2c1CCCC2. The summed E-state index contributed by atoms with van der Waals surface area (Å²) in [5.41, 5.74) is 10.1. The molecule has 4 nitrogen and oxygen atoms in total. The van der Waals surface area contributed by atoms with Crippen molar-refractivity contribution >= 4 is 5.69 Å². The highest BCUT2D eigenvalue weighted by Gasteiger charge is 2.15. The molecule has 1 aromatic carbocycles. The van der Waals surface area contributed by atoms with Gasteiger partial charge in [0.25, 0.3) is 0 Å². The van der Waals surface area contributed by atoms with E-state index >= 15 is 0 Å². The lowest BCUT2D eigenvalue weighted by molar-refractivity contribution is 0.294. The highest BCUT2D eigenvalue weighted by Crippen LogP contribution is 2.22. The third kappa shape index (κ3) is 2.74. The third-order valence-electron chi connectivity index (χ3n) is 3.66. The zero-order chi connectivity index (χ0) is 13.9. The monoisotopic (exact) mass is 269 g/mol. The average molecular weight is 269 g/mol. The molecular weight excluding hydrogens is 250 g/mol. The van der Waals surface area contributed by atoms with Gasteiger partial charge in [-0.1, -0.05) is 6.07 Å². The van der Waals surface area contributed by atoms with E-state index in [1.54, 1.807) is 0 Å². The summed E-state index contributed by atoms with van der Waals surface area (Å²) in [7, 11) is 0. The molecule has 0 atom stereocenters. The topological polar surface area (TPSA) is 61.0 Å². The predicted molar refractivity (Wildman–Crippen MR) is 78.6 cm³/mol. The van der Waals surface area contributed by atoms with Crippen LogP contribution in [0.15, 0.2) is 24.3 Å². The minimum absolute atomic E-state index is 0.386. The minimum Gasteiger partial charge on any atom is -0.486 e. The molecular formula is C16H19N3O. The van der Waals surface area contributed by atoms with E-state index in [4.69, 9.17) is 10.5 Å². The van der Waals surface area contributed by atoms with E-state index < -0.39 is 0 Å². The second-order valence-corrected chi connectivity index (χ2v) is 5.22. The number of hydrogen-bond donors (Lipinski definition) is 1. The van der Waals surface area contributed by atoms with Crippen LogP contribution in [0.5, 0.6) is 5.75 Å². The van der Waals surface area contributed by atoms with Crippen LogP contribution in [-0.2, 0) is 19.4 Å². The van der Waals surface area contributed by atoms with Crippen LogP contribution in [-0.4, -0.2) is 9.97 Å². The Bertz CT molecular complexity index is 625. The van der Waals surface area contributed by atoms with Gasteiger partial charge in [0.2, 0.25) is 0 Å². The normalized spacial score (nSPS) is 13.8. The first-order valence-corrected chi connectivity index (χ1v) is 7.06. The van der Waals surface area contributed by atoms with Crippen molar-refractivity contribution in [1.82, 2.24) is 9.97 Å². The lowest BCUT2D eigenvalue weighted by atomic mass is 9.95. The van der Waals surface area contributed by atoms with Gasteiger partial charge in [0.1, 0.15) is 12.4 Å². The Morgan fingerprint density at radius 3 is 2.90 bits per heavy atom. The Morgan fingerprint density at radius 2 is 2.05 bits per heavy atom. The molecule has 1 aliphatic rings. The molecule has 0 saturated carbocycles. The number of nitrogens with zero attached hydrogens (tertiary/aromatic N) is 2. The van der Waals surface area contributed by atoms with Crippen molar-refractivity contribution < 1.29 is 4.74 Å². The second kappa shape index (κ2) is 5.49. The molecule has 0 fully saturated rings. The van der Waals surface area contributed by atoms with E-state index in [1.807, 2.05) is 24.3 Å². The summed E-state index contributed by atoms with van der Waals surface area (Å²) < 4.78 is 5.71. The van der Waals surface area contributed by atoms with Crippen LogP contribution >= 0.6 is 0 Å². The number of rotatable bonds is 3. The van der Waals surface area contributed by atoms with E-state index in [0.717, 1.165) is 30.1 Å². The van der Waals surface area contributed by atoms with Crippen molar-refractivity contribution in [3.8, 4) is 5.75 Å². The van der Waals surface area contributed by atoms with Gasteiger partial charge in [-0.3, -0.25) is 0 Å². The highest BCUT2D eigenvalue weighted by atomic mass is 16.5. The van der Waals surface area contributed by atoms with E-state index in [9.17, 15) is 0 Å². The number of aryl methyl sites for hydroxylation is 2. The Labute approximate surface area is 119 Å². The van der Waals surface area contributed by atoms with Crippen LogP contribution < -0.4 is 10.5 Å². The number of benzene rings is 1. The van der Waals surface area contributed by atoms with Crippen LogP contribution in [0.1, 0.15) is 35.6 Å². The smallest absolute Gasteiger partial charge is 0.166 e. The Kier molecular flexibility index (Phi) is 3.54. The molecule has 0 radical (unpaired) electrons. The number of ether oxygens (including phenoxy) is 1. The van der Waals surface area contributed by atoms with E-state index in [-0.39, 0.29) is 0 Å². The summed E-state index contributed by atoms with van der Waals surface area (Å²) >= 11 is 0. The van der Waals surface area contributed by atoms with Gasteiger partial charge in [0.15, 0.2) is 5.82 Å². The molecule has 1 aromatic heterocycles. The van der Waals surface area contributed by atoms with E-state index in [1.165, 1.54) is 24.1 Å². The molecule has 2 aromatic rings. The fourth-order valence-electron chi connectivity index (χ4n) is 2.66. The molecule has 3 rings (SSSR count). The molecule has 0 bridgehead atoms. The lowest BCUT2D eigenvalue weighted by Crippen LogP contribution is -2.13. The fraction of sp³-hybridized carbons (Fsp3) is 0.375. The maximum Gasteiger partial charge on any atom is 0.166 e. The standard InChI is InChI=1S/C16H19N3O/c1-11-14-7-2-3-8-15(14)19-16(18-11)10-20-13-6-4-5-12(17)9-13/h4-6,9H,2-3,7-8,10,17H2,1H3. The molecule has 2 N–H and O–H groups in total. The summed E-state index contributed by atoms with van der Waals surface area (Å²) in [6.45, 7) is 2.45. The molecule has 1 heterocycles. The number of anilines is 1. The van der Waals surface area contributed by atoms with Gasteiger partial charge in [0, 0.05) is 23.1 Å². The molecule has 20 heavy (non-hydrogen) atoms. The van der Waals surface area contributed by atoms with Crippen molar-refractivity contribution in [3.05, 3.63) is 47.0 Å². The molecule has 0 saturated heterocycles. The van der Waals surface area contributed by atoms with Gasteiger partial charge in [-0.15, -0.1) is 0 Å². The largest absolute Gasteiger partial charge is 0.486 e. The number of fused-ring (bicyclic) bond motifs is 1. The zero-order valence-electron chi connectivity index (χ0n) is 11.7. The van der Waals surface area contributed by atoms with E-state index in [2.05, 4.69) is 16.9 Å². The summed E-state index contributed by atoms with van der Waals surface area (Å²) in [6, 6.07) is 7.42. The Morgan fingerprint density at radius 1 is 1.20 bits per heavy atom. The molecule has 0 spiro atoms. The number of hydrogen-bond acceptors (Lipinski definition) is 4. The Hall–Kier alpha value is -2.10. The van der Waals surface area contributed by atoms with Crippen LogP contribution in [0.25, 0.3) is 0 Å². The van der Waals surface area contributed by atoms with Gasteiger partial charge in [-0.2, -0.15) is 0 Å². The number of nitrogen functional groups attached to an aromatic ring is 1. The number of aromatic nitrogens is 2. The van der Waals surface area contributed by atoms with Gasteiger partial charge in [0.05, 0.1) is 0 Å². The molecule has 0 aliphatic heterocycles. The maximum absolute atomic E-state index is 5.73. The first-order valence-electron chi connectivity index (χ1n) is 7.06. The van der Waals surface area contributed by atoms with Crippen molar-refractivity contribution in [2.24, 2.45) is 0 Å². The van der Waals surface area contributed by atoms with E-state index in [0.29, 0.717) is 12.3 Å². The van der Waals surface area contributed by atoms with Gasteiger partial charge < -0.3 is 10.5 Å². The van der Waals surface area contributed by atoms with Crippen LogP contribution in [0.2, 0.25) is 0 Å². The summed E-state index contributed by atoms with van der Waals surface area (Å²) in [5, 5.41) is 0. The van der Waals surface area contributed by atoms with Gasteiger partial charge in [-0.05, 0) is 50.3 Å². The van der Waals surface area contributed by atoms with Crippen molar-refractivity contribution in [2.45, 2.75) is 39.2 Å². The van der Waals surface area contributed by atoms with Gasteiger partial charge >= 0.3 is 0 Å². The minimum atomic E-state index is 0.386. The molecule has 1 aliphatic carbocycles. The zero-order valence-corrected chi connectivity index (χ0v) is 11.7. The summed E-state index contributed by atoms with van der Waals surface area (Å²) in [4.78, 5) is 9.20. The third-order valence-corrected chi connectivity index (χ3v) is 3.66. The lowest BCUT2D eigenvalue weighted by Gasteiger charge is -2.17. The van der Waals surface area contributed by atoms with Crippen LogP contribution in [0.3, 0.4) is 0 Å². The number of nitrogens with two attached hydrogens (primary N) is 1. The maximum atomic E-state index is 5.73. The average Bonchev–Trinajstić information content (AvgIpc) is 2.45. The van der Waals surface area contributed by atoms with Gasteiger partial charge in [-0.25, -0.2) is 9.97 Å². The quantitative estimate of drug-likeness (QED) is 0.870. The summed E-state index contributed by atoms with van der Waals surface area (Å²) in [5.74, 6) is 1.51.